The van der Waals surface area contributed by atoms with Crippen molar-refractivity contribution in [3.63, 3.8) is 0 Å². The van der Waals surface area contributed by atoms with Crippen LogP contribution in [0.3, 0.4) is 0 Å². The first kappa shape index (κ1) is 17.3. The molecule has 0 saturated heterocycles. The van der Waals surface area contributed by atoms with E-state index in [1.165, 1.54) is 6.07 Å². The fourth-order valence-electron chi connectivity index (χ4n) is 2.98. The lowest BCUT2D eigenvalue weighted by Crippen LogP contribution is -2.06. The maximum atomic E-state index is 12.9. The molecular weight excluding hydrogens is 353 g/mol. The van der Waals surface area contributed by atoms with E-state index in [0.717, 1.165) is 28.8 Å². The summed E-state index contributed by atoms with van der Waals surface area (Å²) in [7, 11) is 0. The highest BCUT2D eigenvalue weighted by Crippen LogP contribution is 2.37. The fraction of sp³-hybridized carbons (Fsp3) is 0.143. The number of pyridine rings is 1. The van der Waals surface area contributed by atoms with Crippen LogP contribution in [0.15, 0.2) is 72.0 Å². The number of hydrogen-bond donors (Lipinski definition) is 0. The Morgan fingerprint density at radius 2 is 1.81 bits per heavy atom. The van der Waals surface area contributed by atoms with Gasteiger partial charge in [0.25, 0.3) is 0 Å². The van der Waals surface area contributed by atoms with Gasteiger partial charge >= 0.3 is 6.18 Å². The van der Waals surface area contributed by atoms with Gasteiger partial charge < -0.3 is 4.74 Å². The average Bonchev–Trinajstić information content (AvgIpc) is 3.10. The van der Waals surface area contributed by atoms with Crippen LogP contribution in [0.25, 0.3) is 0 Å². The van der Waals surface area contributed by atoms with Gasteiger partial charge in [-0.15, -0.1) is 0 Å². The van der Waals surface area contributed by atoms with Crippen molar-refractivity contribution in [3.8, 4) is 5.75 Å². The lowest BCUT2D eigenvalue weighted by atomic mass is 10.0. The van der Waals surface area contributed by atoms with Gasteiger partial charge in [-0.2, -0.15) is 13.2 Å². The molecule has 1 aliphatic heterocycles. The standard InChI is InChI=1S/C21H15F3N2O/c22-21(23,24)16-7-6-15-10-19(26-18(15)11-16)17-8-9-25-12-20(17)27-13-14-4-2-1-3-5-14/h1-9,11-12H,10,13H2. The van der Waals surface area contributed by atoms with Crippen LogP contribution in [0.5, 0.6) is 5.75 Å². The Labute approximate surface area is 154 Å². The first-order chi connectivity index (χ1) is 13.0. The summed E-state index contributed by atoms with van der Waals surface area (Å²) in [4.78, 5) is 8.52. The molecular formula is C21H15F3N2O. The van der Waals surface area contributed by atoms with Gasteiger partial charge in [-0.1, -0.05) is 36.4 Å². The smallest absolute Gasteiger partial charge is 0.416 e. The Kier molecular flexibility index (Phi) is 4.39. The SMILES string of the molecule is FC(F)(F)c1ccc2c(c1)N=C(c1ccncc1OCc1ccccc1)C2. The fourth-order valence-corrected chi connectivity index (χ4v) is 2.98. The number of fused-ring (bicyclic) bond motifs is 1. The molecule has 1 aliphatic rings. The van der Waals surface area contributed by atoms with E-state index in [1.807, 2.05) is 30.3 Å². The van der Waals surface area contributed by atoms with Crippen molar-refractivity contribution < 1.29 is 17.9 Å². The van der Waals surface area contributed by atoms with Gasteiger partial charge in [0.15, 0.2) is 0 Å². The summed E-state index contributed by atoms with van der Waals surface area (Å²) in [5.41, 5.74) is 2.86. The minimum absolute atomic E-state index is 0.352. The summed E-state index contributed by atoms with van der Waals surface area (Å²) in [6.07, 6.45) is -0.699. The number of aromatic nitrogens is 1. The Balaban J connectivity index is 1.60. The normalized spacial score (nSPS) is 13.2. The molecule has 1 aromatic heterocycles. The van der Waals surface area contributed by atoms with Crippen molar-refractivity contribution >= 4 is 11.4 Å². The molecule has 0 aliphatic carbocycles. The Bertz CT molecular complexity index is 998. The highest BCUT2D eigenvalue weighted by atomic mass is 19.4. The zero-order valence-electron chi connectivity index (χ0n) is 14.2. The van der Waals surface area contributed by atoms with Crippen molar-refractivity contribution in [1.82, 2.24) is 4.98 Å². The van der Waals surface area contributed by atoms with E-state index in [1.54, 1.807) is 18.5 Å². The predicted octanol–water partition coefficient (Wildman–Crippen LogP) is 5.36. The van der Waals surface area contributed by atoms with Crippen LogP contribution < -0.4 is 4.74 Å². The largest absolute Gasteiger partial charge is 0.487 e. The Morgan fingerprint density at radius 1 is 1.00 bits per heavy atom. The van der Waals surface area contributed by atoms with Crippen molar-refractivity contribution in [2.24, 2.45) is 4.99 Å². The summed E-state index contributed by atoms with van der Waals surface area (Å²) in [5.74, 6) is 0.559. The minimum Gasteiger partial charge on any atom is -0.487 e. The highest BCUT2D eigenvalue weighted by molar-refractivity contribution is 6.08. The molecule has 3 nitrogen and oxygen atoms in total. The molecule has 0 unspecified atom stereocenters. The number of nitrogens with zero attached hydrogens (tertiary/aromatic N) is 2. The molecule has 0 bridgehead atoms. The molecule has 0 fully saturated rings. The van der Waals surface area contributed by atoms with Crippen molar-refractivity contribution in [2.45, 2.75) is 19.2 Å². The molecule has 136 valence electrons. The Morgan fingerprint density at radius 3 is 2.59 bits per heavy atom. The van der Waals surface area contributed by atoms with Crippen LogP contribution in [0.4, 0.5) is 18.9 Å². The summed E-state index contributed by atoms with van der Waals surface area (Å²) < 4.78 is 44.7. The maximum absolute atomic E-state index is 12.9. The molecule has 27 heavy (non-hydrogen) atoms. The topological polar surface area (TPSA) is 34.5 Å². The zero-order chi connectivity index (χ0) is 18.9. The Hall–Kier alpha value is -3.15. The molecule has 3 aromatic rings. The zero-order valence-corrected chi connectivity index (χ0v) is 14.2. The van der Waals surface area contributed by atoms with Gasteiger partial charge in [-0.3, -0.25) is 9.98 Å². The number of alkyl halides is 3. The van der Waals surface area contributed by atoms with Crippen LogP contribution in [-0.2, 0) is 19.2 Å². The lowest BCUT2D eigenvalue weighted by molar-refractivity contribution is -0.137. The third-order valence-corrected chi connectivity index (χ3v) is 4.36. The van der Waals surface area contributed by atoms with Crippen LogP contribution in [0.2, 0.25) is 0 Å². The van der Waals surface area contributed by atoms with E-state index >= 15 is 0 Å². The van der Waals surface area contributed by atoms with Crippen molar-refractivity contribution in [2.75, 3.05) is 0 Å². The third kappa shape index (κ3) is 3.69. The number of rotatable bonds is 4. The van der Waals surface area contributed by atoms with Gasteiger partial charge in [-0.05, 0) is 29.3 Å². The van der Waals surface area contributed by atoms with Crippen LogP contribution in [-0.4, -0.2) is 10.7 Å². The van der Waals surface area contributed by atoms with Gasteiger partial charge in [0.05, 0.1) is 23.2 Å². The molecule has 2 heterocycles. The second kappa shape index (κ2) is 6.87. The maximum Gasteiger partial charge on any atom is 0.416 e. The first-order valence-corrected chi connectivity index (χ1v) is 8.39. The van der Waals surface area contributed by atoms with E-state index < -0.39 is 11.7 Å². The minimum atomic E-state index is -4.38. The summed E-state index contributed by atoms with van der Waals surface area (Å²) in [6, 6.07) is 15.1. The van der Waals surface area contributed by atoms with Gasteiger partial charge in [0, 0.05) is 18.2 Å². The summed E-state index contributed by atoms with van der Waals surface area (Å²) in [6.45, 7) is 0.373. The van der Waals surface area contributed by atoms with Crippen LogP contribution >= 0.6 is 0 Å². The lowest BCUT2D eigenvalue weighted by Gasteiger charge is -2.11. The molecule has 0 radical (unpaired) electrons. The highest BCUT2D eigenvalue weighted by Gasteiger charge is 2.32. The van der Waals surface area contributed by atoms with Crippen molar-refractivity contribution in [3.05, 3.63) is 89.2 Å². The number of halogens is 3. The molecule has 0 saturated carbocycles. The molecule has 0 amide bonds. The van der Waals surface area contributed by atoms with Gasteiger partial charge in [-0.25, -0.2) is 0 Å². The molecule has 0 spiro atoms. The van der Waals surface area contributed by atoms with Crippen LogP contribution in [0.1, 0.15) is 22.3 Å². The number of hydrogen-bond acceptors (Lipinski definition) is 3. The van der Waals surface area contributed by atoms with E-state index in [-0.39, 0.29) is 0 Å². The number of aliphatic imine (C=N–C) groups is 1. The quantitative estimate of drug-likeness (QED) is 0.622. The monoisotopic (exact) mass is 368 g/mol. The molecule has 4 rings (SSSR count). The second-order valence-electron chi connectivity index (χ2n) is 6.22. The summed E-state index contributed by atoms with van der Waals surface area (Å²) in [5, 5.41) is 0. The first-order valence-electron chi connectivity index (χ1n) is 8.39. The van der Waals surface area contributed by atoms with Gasteiger partial charge in [0.1, 0.15) is 12.4 Å². The third-order valence-electron chi connectivity index (χ3n) is 4.36. The van der Waals surface area contributed by atoms with E-state index in [2.05, 4.69) is 9.98 Å². The number of benzene rings is 2. The van der Waals surface area contributed by atoms with E-state index in [4.69, 9.17) is 4.74 Å². The van der Waals surface area contributed by atoms with Gasteiger partial charge in [0.2, 0.25) is 0 Å². The molecule has 6 heteroatoms. The average molecular weight is 368 g/mol. The van der Waals surface area contributed by atoms with E-state index in [0.29, 0.717) is 30.2 Å². The van der Waals surface area contributed by atoms with Crippen LogP contribution in [0, 0.1) is 0 Å². The molecule has 2 aromatic carbocycles. The van der Waals surface area contributed by atoms with Crippen molar-refractivity contribution in [1.29, 1.82) is 0 Å². The molecule has 0 N–H and O–H groups in total. The predicted molar refractivity (Wildman–Crippen MR) is 96.4 cm³/mol. The number of ether oxygens (including phenoxy) is 1. The molecule has 0 atom stereocenters. The second-order valence-corrected chi connectivity index (χ2v) is 6.22. The summed E-state index contributed by atoms with van der Waals surface area (Å²) >= 11 is 0. The van der Waals surface area contributed by atoms with E-state index in [9.17, 15) is 13.2 Å².